The molecule has 0 saturated carbocycles. The van der Waals surface area contributed by atoms with E-state index in [2.05, 4.69) is 4.18 Å². The Balaban J connectivity index is 3.07. The van der Waals surface area contributed by atoms with Crippen LogP contribution in [0.25, 0.3) is 0 Å². The molecule has 32 heavy (non-hydrogen) atoms. The summed E-state index contributed by atoms with van der Waals surface area (Å²) in [5.41, 5.74) is 0. The fourth-order valence-electron chi connectivity index (χ4n) is 2.28. The lowest BCUT2D eigenvalue weighted by Gasteiger charge is -2.35. The van der Waals surface area contributed by atoms with Crippen molar-refractivity contribution in [3.05, 3.63) is 11.8 Å². The molecule has 0 spiro atoms. The quantitative estimate of drug-likeness (QED) is 0.0854. The molecule has 0 bridgehead atoms. The number of carboxylic acid groups (broad SMARTS) is 1. The maximum atomic E-state index is 11.1. The fourth-order valence-corrected chi connectivity index (χ4v) is 3.17. The van der Waals surface area contributed by atoms with Gasteiger partial charge < -0.3 is 39.7 Å². The number of aliphatic hydroxyl groups is 4. The van der Waals surface area contributed by atoms with Gasteiger partial charge in [0, 0.05) is 0 Å². The van der Waals surface area contributed by atoms with Crippen molar-refractivity contribution in [2.75, 3.05) is 13.2 Å². The second-order valence-electron chi connectivity index (χ2n) is 6.32. The summed E-state index contributed by atoms with van der Waals surface area (Å²) in [4.78, 5) is 11.1. The Kier molecular flexibility index (Phi) is 10.3. The van der Waals surface area contributed by atoms with Crippen LogP contribution in [0.4, 0.5) is 0 Å². The van der Waals surface area contributed by atoms with E-state index in [9.17, 15) is 42.1 Å². The Morgan fingerprint density at radius 3 is 2.28 bits per heavy atom. The number of hydrogen-bond donors (Lipinski definition) is 8. The third-order valence-corrected chi connectivity index (χ3v) is 4.87. The monoisotopic (exact) mass is 513 g/mol. The summed E-state index contributed by atoms with van der Waals surface area (Å²) in [6.07, 6.45) is -10.8. The molecule has 0 aliphatic carbocycles. The number of carboxylic acids is 1. The van der Waals surface area contributed by atoms with Crippen molar-refractivity contribution in [1.29, 1.82) is 0 Å². The molecule has 0 saturated heterocycles. The molecule has 1 heterocycles. The van der Waals surface area contributed by atoms with Gasteiger partial charge in [0.2, 0.25) is 12.0 Å². The van der Waals surface area contributed by atoms with Crippen LogP contribution in [0.1, 0.15) is 6.92 Å². The van der Waals surface area contributed by atoms with Gasteiger partial charge in [0.15, 0.2) is 6.29 Å². The van der Waals surface area contributed by atoms with Crippen molar-refractivity contribution in [3.8, 4) is 0 Å². The van der Waals surface area contributed by atoms with Gasteiger partial charge in [-0.25, -0.2) is 8.98 Å². The minimum Gasteiger partial charge on any atom is -0.475 e. The molecular formula is C13H23NO16S2. The van der Waals surface area contributed by atoms with Crippen LogP contribution in [0.5, 0.6) is 0 Å². The molecule has 0 aromatic carbocycles. The summed E-state index contributed by atoms with van der Waals surface area (Å²) in [6.45, 7) is -1.18. The van der Waals surface area contributed by atoms with E-state index in [1.54, 1.807) is 4.72 Å². The third kappa shape index (κ3) is 9.56. The van der Waals surface area contributed by atoms with Crippen LogP contribution < -0.4 is 4.72 Å². The first-order chi connectivity index (χ1) is 14.5. The Labute approximate surface area is 181 Å². The summed E-state index contributed by atoms with van der Waals surface area (Å²) in [5, 5.41) is 48.2. The van der Waals surface area contributed by atoms with Crippen LogP contribution in [0.2, 0.25) is 0 Å². The number of aliphatic hydroxyl groups excluding tert-OH is 4. The van der Waals surface area contributed by atoms with E-state index >= 15 is 0 Å². The van der Waals surface area contributed by atoms with E-state index in [1.165, 1.54) is 0 Å². The summed E-state index contributed by atoms with van der Waals surface area (Å²) in [6, 6.07) is -1.51. The van der Waals surface area contributed by atoms with Crippen LogP contribution in [-0.4, -0.2) is 114 Å². The van der Waals surface area contributed by atoms with E-state index in [4.69, 9.17) is 28.4 Å². The topological polar surface area (TPSA) is 276 Å². The standard InChI is InChI=1S/C13H23NO16S2/c1-5(14-31(21,22)23)12(20)28-8(3-15)9(4-27-32(24,25)26)30-13-10(17)6(16)2-7(29-13)11(18)19/h2,5-6,8-10,12-17,20H,3-4H2,1H3,(H,18,19)(H,21,22,23)(H,24,25,26)/t5-,6?,8?,9-,10-,12?,13-/m0/s1. The molecule has 7 atom stereocenters. The number of aliphatic carboxylic acids is 1. The van der Waals surface area contributed by atoms with Crippen LogP contribution in [0.3, 0.4) is 0 Å². The molecule has 3 unspecified atom stereocenters. The highest BCUT2D eigenvalue weighted by atomic mass is 32.3. The van der Waals surface area contributed by atoms with Crippen molar-refractivity contribution in [2.24, 2.45) is 0 Å². The molecule has 0 aromatic rings. The zero-order valence-corrected chi connectivity index (χ0v) is 17.8. The van der Waals surface area contributed by atoms with Crippen molar-refractivity contribution < 1.29 is 74.7 Å². The van der Waals surface area contributed by atoms with Crippen LogP contribution in [-0.2, 0) is 43.9 Å². The van der Waals surface area contributed by atoms with Gasteiger partial charge >= 0.3 is 26.7 Å². The highest BCUT2D eigenvalue weighted by Crippen LogP contribution is 2.23. The Morgan fingerprint density at radius 1 is 1.22 bits per heavy atom. The van der Waals surface area contributed by atoms with Crippen LogP contribution >= 0.6 is 0 Å². The first-order valence-corrected chi connectivity index (χ1v) is 11.3. The number of ether oxygens (including phenoxy) is 3. The third-order valence-electron chi connectivity index (χ3n) is 3.77. The van der Waals surface area contributed by atoms with Gasteiger partial charge in [-0.1, -0.05) is 0 Å². The lowest BCUT2D eigenvalue weighted by atomic mass is 10.1. The lowest BCUT2D eigenvalue weighted by Crippen LogP contribution is -2.52. The molecule has 19 heteroatoms. The summed E-state index contributed by atoms with van der Waals surface area (Å²) < 4.78 is 81.6. The molecule has 0 radical (unpaired) electrons. The molecule has 8 N–H and O–H groups in total. The van der Waals surface area contributed by atoms with E-state index in [-0.39, 0.29) is 0 Å². The summed E-state index contributed by atoms with van der Waals surface area (Å²) in [5.74, 6) is -2.51. The minimum absolute atomic E-state index is 0.642. The largest absolute Gasteiger partial charge is 0.475 e. The Morgan fingerprint density at radius 2 is 1.81 bits per heavy atom. The first kappa shape index (κ1) is 28.5. The zero-order valence-electron chi connectivity index (χ0n) is 16.2. The summed E-state index contributed by atoms with van der Waals surface area (Å²) >= 11 is 0. The first-order valence-electron chi connectivity index (χ1n) is 8.48. The van der Waals surface area contributed by atoms with Gasteiger partial charge in [0.1, 0.15) is 24.4 Å². The Bertz CT molecular complexity index is 872. The SMILES string of the molecule is C[C@H](NS(=O)(=O)O)C(O)OC(CO)[C@H](COS(=O)(=O)O)O[C@@H]1OC(C(=O)O)=CC(O)[C@@H]1O. The van der Waals surface area contributed by atoms with E-state index < -0.39 is 88.7 Å². The highest BCUT2D eigenvalue weighted by molar-refractivity contribution is 7.83. The van der Waals surface area contributed by atoms with Gasteiger partial charge in [0.25, 0.3) is 0 Å². The van der Waals surface area contributed by atoms with Crippen molar-refractivity contribution >= 4 is 26.7 Å². The summed E-state index contributed by atoms with van der Waals surface area (Å²) in [7, 11) is -9.86. The average Bonchev–Trinajstić information content (AvgIpc) is 2.63. The normalized spacial score (nSPS) is 25.8. The van der Waals surface area contributed by atoms with Crippen molar-refractivity contribution in [2.45, 2.75) is 50.0 Å². The molecule has 1 aliphatic heterocycles. The van der Waals surface area contributed by atoms with E-state index in [0.29, 0.717) is 6.08 Å². The molecular weight excluding hydrogens is 490 g/mol. The lowest BCUT2D eigenvalue weighted by molar-refractivity contribution is -0.263. The molecule has 1 rings (SSSR count). The zero-order chi connectivity index (χ0) is 24.9. The molecule has 0 fully saturated rings. The number of nitrogens with one attached hydrogen (secondary N) is 1. The van der Waals surface area contributed by atoms with E-state index in [1.807, 2.05) is 0 Å². The predicted octanol–water partition coefficient (Wildman–Crippen LogP) is -4.29. The fraction of sp³-hybridized carbons (Fsp3) is 0.769. The van der Waals surface area contributed by atoms with Crippen LogP contribution in [0.15, 0.2) is 11.8 Å². The number of carbonyl (C=O) groups is 1. The molecule has 17 nitrogen and oxygen atoms in total. The molecule has 0 amide bonds. The van der Waals surface area contributed by atoms with Crippen molar-refractivity contribution in [1.82, 2.24) is 4.72 Å². The van der Waals surface area contributed by atoms with Gasteiger partial charge in [-0.2, -0.15) is 21.6 Å². The highest BCUT2D eigenvalue weighted by Gasteiger charge is 2.40. The molecule has 188 valence electrons. The van der Waals surface area contributed by atoms with Gasteiger partial charge in [0.05, 0.1) is 19.3 Å². The number of rotatable bonds is 13. The second kappa shape index (κ2) is 11.6. The van der Waals surface area contributed by atoms with E-state index in [0.717, 1.165) is 6.92 Å². The maximum Gasteiger partial charge on any atom is 0.397 e. The van der Waals surface area contributed by atoms with Crippen molar-refractivity contribution in [3.63, 3.8) is 0 Å². The predicted molar refractivity (Wildman–Crippen MR) is 97.1 cm³/mol. The Hall–Kier alpha value is -1.49. The van der Waals surface area contributed by atoms with Gasteiger partial charge in [-0.3, -0.25) is 9.11 Å². The molecule has 0 aromatic heterocycles. The maximum absolute atomic E-state index is 11.1. The average molecular weight is 513 g/mol. The molecule has 1 aliphatic rings. The number of hydrogen-bond acceptors (Lipinski definition) is 13. The minimum atomic E-state index is -5.08. The van der Waals surface area contributed by atoms with Gasteiger partial charge in [-0.05, 0) is 13.0 Å². The van der Waals surface area contributed by atoms with Crippen LogP contribution in [0, 0.1) is 0 Å². The van der Waals surface area contributed by atoms with Gasteiger partial charge in [-0.15, -0.1) is 0 Å². The second-order valence-corrected chi connectivity index (χ2v) is 8.60. The smallest absolute Gasteiger partial charge is 0.397 e.